The van der Waals surface area contributed by atoms with Crippen LogP contribution < -0.4 is 5.73 Å². The van der Waals surface area contributed by atoms with Crippen LogP contribution in [0.5, 0.6) is 0 Å². The summed E-state index contributed by atoms with van der Waals surface area (Å²) in [5.74, 6) is 1.01. The highest BCUT2D eigenvalue weighted by Crippen LogP contribution is 2.49. The largest absolute Gasteiger partial charge is 0.396 e. The van der Waals surface area contributed by atoms with Crippen molar-refractivity contribution in [2.75, 3.05) is 6.61 Å². The molecule has 2 nitrogen and oxygen atoms in total. The molecule has 3 rings (SSSR count). The Kier molecular flexibility index (Phi) is 2.30. The number of aliphatic hydroxyl groups excluding tert-OH is 1. The van der Waals surface area contributed by atoms with Crippen LogP contribution in [0.15, 0.2) is 24.3 Å². The molecule has 0 saturated heterocycles. The van der Waals surface area contributed by atoms with Gasteiger partial charge in [-0.3, -0.25) is 0 Å². The van der Waals surface area contributed by atoms with E-state index in [0.717, 1.165) is 25.7 Å². The molecule has 0 spiro atoms. The minimum absolute atomic E-state index is 0.109. The predicted molar refractivity (Wildman–Crippen MR) is 63.9 cm³/mol. The number of rotatable bonds is 1. The zero-order valence-electron chi connectivity index (χ0n) is 9.52. The highest BCUT2D eigenvalue weighted by Gasteiger charge is 2.46. The quantitative estimate of drug-likeness (QED) is 0.753. The average Bonchev–Trinajstić information content (AvgIpc) is 2.61. The molecule has 1 unspecified atom stereocenters. The second kappa shape index (κ2) is 3.57. The number of hydrogen-bond acceptors (Lipinski definition) is 2. The van der Waals surface area contributed by atoms with E-state index >= 15 is 0 Å². The van der Waals surface area contributed by atoms with Gasteiger partial charge in [0.1, 0.15) is 0 Å². The van der Waals surface area contributed by atoms with Crippen LogP contribution in [0.3, 0.4) is 0 Å². The van der Waals surface area contributed by atoms with E-state index < -0.39 is 0 Å². The molecule has 0 amide bonds. The lowest BCUT2D eigenvalue weighted by Gasteiger charge is -2.40. The third-order valence-electron chi connectivity index (χ3n) is 4.56. The Bertz CT molecular complexity index is 403. The summed E-state index contributed by atoms with van der Waals surface area (Å²) >= 11 is 0. The van der Waals surface area contributed by atoms with E-state index in [4.69, 9.17) is 5.73 Å². The third kappa shape index (κ3) is 1.33. The number of hydrogen-bond donors (Lipinski definition) is 2. The first-order chi connectivity index (χ1) is 7.74. The molecule has 1 aromatic rings. The highest BCUT2D eigenvalue weighted by molar-refractivity contribution is 5.40. The van der Waals surface area contributed by atoms with Crippen LogP contribution in [0.1, 0.15) is 30.4 Å². The van der Waals surface area contributed by atoms with Crippen LogP contribution in [0, 0.1) is 11.8 Å². The van der Waals surface area contributed by atoms with Gasteiger partial charge in [0.05, 0.1) is 0 Å². The first-order valence-corrected chi connectivity index (χ1v) is 6.22. The van der Waals surface area contributed by atoms with Gasteiger partial charge in [-0.2, -0.15) is 0 Å². The summed E-state index contributed by atoms with van der Waals surface area (Å²) in [6, 6.07) is 8.59. The first kappa shape index (κ1) is 10.3. The smallest absolute Gasteiger partial charge is 0.0459 e. The summed E-state index contributed by atoms with van der Waals surface area (Å²) in [5, 5.41) is 9.27. The molecule has 0 bridgehead atoms. The summed E-state index contributed by atoms with van der Waals surface area (Å²) < 4.78 is 0. The van der Waals surface area contributed by atoms with Crippen LogP contribution >= 0.6 is 0 Å². The molecular formula is C14H19NO. The molecule has 0 aromatic heterocycles. The lowest BCUT2D eigenvalue weighted by atomic mass is 9.70. The molecule has 16 heavy (non-hydrogen) atoms. The molecule has 1 aromatic carbocycles. The average molecular weight is 217 g/mol. The fraction of sp³-hybridized carbons (Fsp3) is 0.571. The van der Waals surface area contributed by atoms with Crippen molar-refractivity contribution in [3.63, 3.8) is 0 Å². The Morgan fingerprint density at radius 1 is 1.38 bits per heavy atom. The Morgan fingerprint density at radius 3 is 3.00 bits per heavy atom. The van der Waals surface area contributed by atoms with E-state index in [1.165, 1.54) is 11.1 Å². The van der Waals surface area contributed by atoms with Gasteiger partial charge in [0.2, 0.25) is 0 Å². The van der Waals surface area contributed by atoms with Crippen LogP contribution in [0.25, 0.3) is 0 Å². The van der Waals surface area contributed by atoms with E-state index in [1.807, 2.05) is 0 Å². The van der Waals surface area contributed by atoms with Crippen LogP contribution in [-0.4, -0.2) is 11.7 Å². The van der Waals surface area contributed by atoms with Gasteiger partial charge in [-0.1, -0.05) is 24.3 Å². The second-order valence-electron chi connectivity index (χ2n) is 5.42. The lowest BCUT2D eigenvalue weighted by Crippen LogP contribution is -2.45. The van der Waals surface area contributed by atoms with Gasteiger partial charge in [-0.05, 0) is 48.6 Å². The van der Waals surface area contributed by atoms with Crippen molar-refractivity contribution >= 4 is 0 Å². The maximum absolute atomic E-state index is 9.27. The van der Waals surface area contributed by atoms with Gasteiger partial charge in [-0.15, -0.1) is 0 Å². The van der Waals surface area contributed by atoms with E-state index in [9.17, 15) is 5.11 Å². The molecule has 1 saturated carbocycles. The van der Waals surface area contributed by atoms with Crippen LogP contribution in [0.2, 0.25) is 0 Å². The van der Waals surface area contributed by atoms with E-state index in [2.05, 4.69) is 24.3 Å². The molecule has 3 N–H and O–H groups in total. The molecule has 2 aliphatic carbocycles. The Balaban J connectivity index is 1.96. The summed E-state index contributed by atoms with van der Waals surface area (Å²) in [7, 11) is 0. The van der Waals surface area contributed by atoms with Crippen LogP contribution in [0.4, 0.5) is 0 Å². The SMILES string of the molecule is N[C@@]12CCC(CO)C[C@@H]1Cc1ccccc12. The molecule has 2 aliphatic rings. The first-order valence-electron chi connectivity index (χ1n) is 6.22. The van der Waals surface area contributed by atoms with E-state index in [-0.39, 0.29) is 5.54 Å². The molecule has 0 heterocycles. The Hall–Kier alpha value is -0.860. The normalized spacial score (nSPS) is 36.9. The molecule has 1 fully saturated rings. The zero-order valence-corrected chi connectivity index (χ0v) is 9.52. The van der Waals surface area contributed by atoms with Crippen molar-refractivity contribution in [2.45, 2.75) is 31.2 Å². The maximum Gasteiger partial charge on any atom is 0.0459 e. The summed E-state index contributed by atoms with van der Waals surface area (Å²) in [6.07, 6.45) is 4.28. The summed E-state index contributed by atoms with van der Waals surface area (Å²) in [4.78, 5) is 0. The van der Waals surface area contributed by atoms with Gasteiger partial charge in [0.15, 0.2) is 0 Å². The monoisotopic (exact) mass is 217 g/mol. The molecule has 2 heteroatoms. The number of aliphatic hydroxyl groups is 1. The van der Waals surface area contributed by atoms with Gasteiger partial charge < -0.3 is 10.8 Å². The maximum atomic E-state index is 9.27. The van der Waals surface area contributed by atoms with Crippen molar-refractivity contribution in [1.82, 2.24) is 0 Å². The minimum Gasteiger partial charge on any atom is -0.396 e. The molecule has 0 aliphatic heterocycles. The summed E-state index contributed by atoms with van der Waals surface area (Å²) in [6.45, 7) is 0.322. The second-order valence-corrected chi connectivity index (χ2v) is 5.42. The van der Waals surface area contributed by atoms with Gasteiger partial charge >= 0.3 is 0 Å². The molecule has 3 atom stereocenters. The van der Waals surface area contributed by atoms with Gasteiger partial charge in [0.25, 0.3) is 0 Å². The van der Waals surface area contributed by atoms with Crippen molar-refractivity contribution in [2.24, 2.45) is 17.6 Å². The summed E-state index contributed by atoms with van der Waals surface area (Å²) in [5.41, 5.74) is 9.28. The highest BCUT2D eigenvalue weighted by atomic mass is 16.3. The standard InChI is InChI=1S/C14H19NO/c15-14-6-5-10(9-16)7-12(14)8-11-3-1-2-4-13(11)14/h1-4,10,12,16H,5-9,15H2/t10?,12-,14+/m1/s1. The third-order valence-corrected chi connectivity index (χ3v) is 4.56. The molecular weight excluding hydrogens is 198 g/mol. The van der Waals surface area contributed by atoms with Gasteiger partial charge in [0, 0.05) is 12.1 Å². The van der Waals surface area contributed by atoms with Crippen LogP contribution in [-0.2, 0) is 12.0 Å². The topological polar surface area (TPSA) is 46.2 Å². The lowest BCUT2D eigenvalue weighted by molar-refractivity contribution is 0.109. The minimum atomic E-state index is -0.109. The molecule has 86 valence electrons. The fourth-order valence-electron chi connectivity index (χ4n) is 3.58. The van der Waals surface area contributed by atoms with Crippen molar-refractivity contribution < 1.29 is 5.11 Å². The number of fused-ring (bicyclic) bond motifs is 3. The van der Waals surface area contributed by atoms with Crippen molar-refractivity contribution in [3.05, 3.63) is 35.4 Å². The molecule has 0 radical (unpaired) electrons. The van der Waals surface area contributed by atoms with E-state index in [0.29, 0.717) is 18.4 Å². The van der Waals surface area contributed by atoms with Gasteiger partial charge in [-0.25, -0.2) is 0 Å². The van der Waals surface area contributed by atoms with Crippen molar-refractivity contribution in [1.29, 1.82) is 0 Å². The Morgan fingerprint density at radius 2 is 2.19 bits per heavy atom. The number of benzene rings is 1. The van der Waals surface area contributed by atoms with E-state index in [1.54, 1.807) is 0 Å². The Labute approximate surface area is 96.5 Å². The predicted octanol–water partition coefficient (Wildman–Crippen LogP) is 1.81. The van der Waals surface area contributed by atoms with Crippen molar-refractivity contribution in [3.8, 4) is 0 Å². The number of nitrogens with two attached hydrogens (primary N) is 1. The fourth-order valence-corrected chi connectivity index (χ4v) is 3.58. The zero-order chi connectivity index (χ0) is 11.2.